The summed E-state index contributed by atoms with van der Waals surface area (Å²) < 4.78 is 22.9. The Morgan fingerprint density at radius 1 is 0.415 bits per heavy atom. The summed E-state index contributed by atoms with van der Waals surface area (Å²) in [6.45, 7) is 8.66. The second kappa shape index (κ2) is 44.3. The van der Waals surface area contributed by atoms with Crippen LogP contribution in [0.15, 0.2) is 60.7 Å². The maximum Gasteiger partial charge on any atom is 2.00 e. The topological polar surface area (TPSA) is 151 Å². The van der Waals surface area contributed by atoms with E-state index in [0.29, 0.717) is 38.3 Å². The second-order valence-corrected chi connectivity index (χ2v) is 17.5. The van der Waals surface area contributed by atoms with E-state index < -0.39 is 11.9 Å². The van der Waals surface area contributed by atoms with Crippen LogP contribution in [0.3, 0.4) is 0 Å². The molecule has 4 atom stereocenters. The minimum absolute atomic E-state index is 0. The number of aliphatic carboxylic acids is 2. The van der Waals surface area contributed by atoms with Gasteiger partial charge in [-0.1, -0.05) is 152 Å². The molecular weight excluding hydrogens is 946 g/mol. The molecular formula is C54H86BaO10. The Kier molecular flexibility index (Phi) is 42.8. The van der Waals surface area contributed by atoms with Crippen molar-refractivity contribution in [3.8, 4) is 0 Å². The molecule has 0 aromatic heterocycles. The van der Waals surface area contributed by atoms with Crippen LogP contribution in [0.4, 0.5) is 0 Å². The van der Waals surface area contributed by atoms with Crippen LogP contribution in [-0.2, 0) is 51.3 Å². The summed E-state index contributed by atoms with van der Waals surface area (Å²) in [6, 6.07) is 20.7. The van der Waals surface area contributed by atoms with Gasteiger partial charge in [-0.2, -0.15) is 0 Å². The molecule has 0 aliphatic carbocycles. The van der Waals surface area contributed by atoms with E-state index in [1.54, 1.807) is 0 Å². The zero-order chi connectivity index (χ0) is 46.9. The van der Waals surface area contributed by atoms with Gasteiger partial charge in [0.25, 0.3) is 0 Å². The molecule has 0 bridgehead atoms. The fourth-order valence-electron chi connectivity index (χ4n) is 7.92. The zero-order valence-corrected chi connectivity index (χ0v) is 45.5. The molecule has 2 aromatic rings. The number of benzene rings is 2. The number of carboxylic acid groups (broad SMARTS) is 2. The molecule has 4 unspecified atom stereocenters. The summed E-state index contributed by atoms with van der Waals surface area (Å²) >= 11 is 0. The first kappa shape index (κ1) is 62.8. The van der Waals surface area contributed by atoms with Gasteiger partial charge in [0.1, 0.15) is 12.2 Å². The van der Waals surface area contributed by atoms with E-state index in [-0.39, 0.29) is 85.9 Å². The summed E-state index contributed by atoms with van der Waals surface area (Å²) in [5.74, 6) is -2.54. The van der Waals surface area contributed by atoms with Crippen LogP contribution in [-0.4, -0.2) is 97.2 Å². The van der Waals surface area contributed by atoms with Crippen molar-refractivity contribution in [2.45, 2.75) is 245 Å². The maximum atomic E-state index is 11.3. The Labute approximate surface area is 434 Å². The number of rotatable bonds is 40. The second-order valence-electron chi connectivity index (χ2n) is 17.5. The van der Waals surface area contributed by atoms with Gasteiger partial charge in [-0.25, -0.2) is 0 Å². The Bertz CT molecular complexity index is 1320. The fourth-order valence-corrected chi connectivity index (χ4v) is 7.92. The van der Waals surface area contributed by atoms with E-state index in [1.807, 2.05) is 12.1 Å². The molecule has 0 aliphatic rings. The number of ether oxygens (including phenoxy) is 4. The number of esters is 2. The molecule has 0 fully saturated rings. The normalized spacial score (nSPS) is 12.7. The fraction of sp³-hybridized carbons (Fsp3) is 0.704. The van der Waals surface area contributed by atoms with Crippen molar-refractivity contribution < 1.29 is 48.3 Å². The molecule has 2 aromatic carbocycles. The molecule has 65 heavy (non-hydrogen) atoms. The largest absolute Gasteiger partial charge is 2.00 e. The molecule has 0 spiro atoms. The van der Waals surface area contributed by atoms with Crippen LogP contribution in [0.1, 0.15) is 219 Å². The van der Waals surface area contributed by atoms with Crippen LogP contribution in [0.25, 0.3) is 0 Å². The minimum atomic E-state index is -1.01. The molecule has 0 saturated heterocycles. The van der Waals surface area contributed by atoms with Crippen LogP contribution >= 0.6 is 0 Å². The molecule has 0 saturated carbocycles. The van der Waals surface area contributed by atoms with Crippen LogP contribution in [0.2, 0.25) is 0 Å². The predicted octanol–water partition coefficient (Wildman–Crippen LogP) is 11.1. The molecule has 364 valence electrons. The van der Waals surface area contributed by atoms with E-state index in [0.717, 1.165) is 89.9 Å². The van der Waals surface area contributed by atoms with Gasteiger partial charge >= 0.3 is 60.8 Å². The van der Waals surface area contributed by atoms with Crippen molar-refractivity contribution in [1.82, 2.24) is 0 Å². The summed E-state index contributed by atoms with van der Waals surface area (Å²) in [6.07, 6.45) is 27.6. The Balaban J connectivity index is 0.00000124. The number of carbonyl (C=O) groups is 4. The third-order valence-corrected chi connectivity index (χ3v) is 11.7. The van der Waals surface area contributed by atoms with Crippen molar-refractivity contribution in [2.75, 3.05) is 0 Å². The van der Waals surface area contributed by atoms with E-state index in [2.05, 4.69) is 62.4 Å². The average molecular weight is 1030 g/mol. The Hall–Kier alpha value is -2.19. The standard InChI is InChI=1S/2C27H44O5.Ba/c2*1-3-25(31-22-24-16-10-9-11-17-24)18-12-7-5-4-6-8-13-19-26(32-23(2)28)20-14-15-21-27(29)30;/h2*9-11,16-17,25-26H,3-8,12-15,18-22H2,1-2H3,(H,29,30);/q;;+2/p-2. The van der Waals surface area contributed by atoms with E-state index in [1.165, 1.54) is 89.2 Å². The number of hydrogen-bond donors (Lipinski definition) is 0. The van der Waals surface area contributed by atoms with Gasteiger partial charge < -0.3 is 38.7 Å². The van der Waals surface area contributed by atoms with Crippen LogP contribution < -0.4 is 10.2 Å². The molecule has 0 amide bonds. The van der Waals surface area contributed by atoms with Gasteiger partial charge in [0.15, 0.2) is 0 Å². The minimum Gasteiger partial charge on any atom is -0.550 e. The molecule has 0 N–H and O–H groups in total. The van der Waals surface area contributed by atoms with Crippen molar-refractivity contribution >= 4 is 72.8 Å². The molecule has 2 rings (SSSR count). The number of carboxylic acids is 2. The summed E-state index contributed by atoms with van der Waals surface area (Å²) in [5.41, 5.74) is 2.47. The van der Waals surface area contributed by atoms with Gasteiger partial charge in [-0.15, -0.1) is 0 Å². The smallest absolute Gasteiger partial charge is 0.550 e. The predicted molar refractivity (Wildman–Crippen MR) is 258 cm³/mol. The third kappa shape index (κ3) is 40.6. The monoisotopic (exact) mass is 1030 g/mol. The van der Waals surface area contributed by atoms with Crippen LogP contribution in [0, 0.1) is 0 Å². The summed E-state index contributed by atoms with van der Waals surface area (Å²) in [7, 11) is 0. The van der Waals surface area contributed by atoms with Crippen molar-refractivity contribution in [1.29, 1.82) is 0 Å². The molecule has 0 aliphatic heterocycles. The molecule has 0 radical (unpaired) electrons. The number of hydrogen-bond acceptors (Lipinski definition) is 10. The van der Waals surface area contributed by atoms with E-state index in [9.17, 15) is 29.4 Å². The van der Waals surface area contributed by atoms with E-state index in [4.69, 9.17) is 18.9 Å². The molecule has 0 heterocycles. The number of carbonyl (C=O) groups excluding carboxylic acids is 4. The van der Waals surface area contributed by atoms with E-state index >= 15 is 0 Å². The summed E-state index contributed by atoms with van der Waals surface area (Å²) in [4.78, 5) is 43.5. The Morgan fingerprint density at radius 3 is 0.938 bits per heavy atom. The first-order valence-electron chi connectivity index (χ1n) is 25.1. The quantitative estimate of drug-likeness (QED) is 0.0358. The molecule has 11 heteroatoms. The molecule has 10 nitrogen and oxygen atoms in total. The average Bonchev–Trinajstić information content (AvgIpc) is 3.27. The van der Waals surface area contributed by atoms with Gasteiger partial charge in [-0.05, 0) is 114 Å². The van der Waals surface area contributed by atoms with Gasteiger partial charge in [-0.3, -0.25) is 9.59 Å². The zero-order valence-electron chi connectivity index (χ0n) is 41.1. The first-order valence-corrected chi connectivity index (χ1v) is 25.1. The van der Waals surface area contributed by atoms with Crippen molar-refractivity contribution in [3.63, 3.8) is 0 Å². The number of unbranched alkanes of at least 4 members (excludes halogenated alkanes) is 14. The van der Waals surface area contributed by atoms with Gasteiger partial charge in [0.05, 0.1) is 25.4 Å². The third-order valence-electron chi connectivity index (χ3n) is 11.7. The van der Waals surface area contributed by atoms with Crippen molar-refractivity contribution in [2.24, 2.45) is 0 Å². The van der Waals surface area contributed by atoms with Crippen LogP contribution in [0.5, 0.6) is 0 Å². The van der Waals surface area contributed by atoms with Crippen molar-refractivity contribution in [3.05, 3.63) is 71.8 Å². The summed E-state index contributed by atoms with van der Waals surface area (Å²) in [5, 5.41) is 21.0. The Morgan fingerprint density at radius 2 is 0.677 bits per heavy atom. The van der Waals surface area contributed by atoms with Gasteiger partial charge in [0, 0.05) is 25.8 Å². The SMILES string of the molecule is CCC(CCCCCCCCCC(CCCCC(=O)[O-])OC(C)=O)OCc1ccccc1.CCC(CCCCCCCCCC(CCCCC(=O)[O-])OC(C)=O)OCc1ccccc1.[Ba+2]. The maximum absolute atomic E-state index is 11.3. The van der Waals surface area contributed by atoms with Gasteiger partial charge in [0.2, 0.25) is 0 Å². The first-order chi connectivity index (χ1) is 31.0.